The summed E-state index contributed by atoms with van der Waals surface area (Å²) in [5.74, 6) is 1.62. The predicted octanol–water partition coefficient (Wildman–Crippen LogP) is 4.70. The first-order valence-electron chi connectivity index (χ1n) is 10.6. The summed E-state index contributed by atoms with van der Waals surface area (Å²) in [5, 5.41) is 9.51. The number of anilines is 1. The van der Waals surface area contributed by atoms with Crippen molar-refractivity contribution in [3.05, 3.63) is 47.0 Å². The molecule has 3 aliphatic heterocycles. The van der Waals surface area contributed by atoms with Gasteiger partial charge < -0.3 is 19.6 Å². The molecule has 5 heteroatoms. The van der Waals surface area contributed by atoms with Crippen LogP contribution in [0.5, 0.6) is 5.75 Å². The van der Waals surface area contributed by atoms with E-state index in [2.05, 4.69) is 49.1 Å². The third-order valence-electron chi connectivity index (χ3n) is 6.98. The van der Waals surface area contributed by atoms with Crippen molar-refractivity contribution in [1.29, 1.82) is 0 Å². The Morgan fingerprint density at radius 3 is 2.76 bits per heavy atom. The Hall–Kier alpha value is -2.69. The van der Waals surface area contributed by atoms with Crippen molar-refractivity contribution in [3.63, 3.8) is 0 Å². The van der Waals surface area contributed by atoms with Crippen LogP contribution in [0.3, 0.4) is 0 Å². The SMILES string of the molecule is COc1cc(C(C)C)ccc1-c1cc2c3c(c1)[C@@H]1CN(C(=O)O)CC[C@@H]1N3CC2. The van der Waals surface area contributed by atoms with Crippen molar-refractivity contribution in [2.75, 3.05) is 31.6 Å². The van der Waals surface area contributed by atoms with Gasteiger partial charge in [-0.25, -0.2) is 4.79 Å². The number of nitrogens with zero attached hydrogens (tertiary/aromatic N) is 2. The van der Waals surface area contributed by atoms with E-state index in [4.69, 9.17) is 4.74 Å². The van der Waals surface area contributed by atoms with Crippen molar-refractivity contribution in [3.8, 4) is 16.9 Å². The smallest absolute Gasteiger partial charge is 0.407 e. The molecule has 5 rings (SSSR count). The number of benzene rings is 2. The molecule has 1 saturated heterocycles. The van der Waals surface area contributed by atoms with E-state index < -0.39 is 6.09 Å². The number of piperidine rings is 1. The number of likely N-dealkylation sites (tertiary alicyclic amines) is 1. The topological polar surface area (TPSA) is 53.0 Å². The molecule has 0 aromatic heterocycles. The molecule has 2 aromatic rings. The quantitative estimate of drug-likeness (QED) is 0.823. The fraction of sp³-hybridized carbons (Fsp3) is 0.458. The van der Waals surface area contributed by atoms with Gasteiger partial charge in [-0.05, 0) is 59.2 Å². The standard InChI is InChI=1S/C24H28N2O3/c1-14(2)15-4-5-18(22(12-15)29-3)17-10-16-6-9-26-21-7-8-25(24(27)28)13-20(21)19(11-17)23(16)26/h4-5,10-12,14,20-21H,6-9,13H2,1-3H3,(H,27,28)/t20-,21-/m0/s1. The van der Waals surface area contributed by atoms with Crippen LogP contribution in [0.15, 0.2) is 30.3 Å². The van der Waals surface area contributed by atoms with Crippen molar-refractivity contribution in [1.82, 2.24) is 4.90 Å². The highest BCUT2D eigenvalue weighted by atomic mass is 16.5. The van der Waals surface area contributed by atoms with Crippen molar-refractivity contribution in [2.45, 2.75) is 44.6 Å². The second-order valence-electron chi connectivity index (χ2n) is 8.82. The van der Waals surface area contributed by atoms with Crippen LogP contribution in [-0.2, 0) is 6.42 Å². The fourth-order valence-electron chi connectivity index (χ4n) is 5.48. The number of carboxylic acid groups (broad SMARTS) is 1. The van der Waals surface area contributed by atoms with Crippen LogP contribution >= 0.6 is 0 Å². The van der Waals surface area contributed by atoms with Crippen LogP contribution in [0.25, 0.3) is 11.1 Å². The van der Waals surface area contributed by atoms with Crippen molar-refractivity contribution < 1.29 is 14.6 Å². The maximum absolute atomic E-state index is 11.6. The van der Waals surface area contributed by atoms with Gasteiger partial charge in [-0.1, -0.05) is 26.0 Å². The third kappa shape index (κ3) is 2.78. The number of fused-ring (bicyclic) bond motifs is 3. The molecule has 0 aliphatic carbocycles. The lowest BCUT2D eigenvalue weighted by Crippen LogP contribution is -2.47. The molecule has 3 aliphatic rings. The average Bonchev–Trinajstić information content (AvgIpc) is 3.29. The molecule has 0 bridgehead atoms. The van der Waals surface area contributed by atoms with E-state index in [0.717, 1.165) is 30.7 Å². The highest BCUT2D eigenvalue weighted by molar-refractivity contribution is 5.80. The molecular weight excluding hydrogens is 364 g/mol. The predicted molar refractivity (Wildman–Crippen MR) is 114 cm³/mol. The van der Waals surface area contributed by atoms with Gasteiger partial charge in [0.25, 0.3) is 0 Å². The summed E-state index contributed by atoms with van der Waals surface area (Å²) in [5.41, 5.74) is 7.65. The normalized spacial score (nSPS) is 22.1. The Bertz CT molecular complexity index is 984. The van der Waals surface area contributed by atoms with Crippen LogP contribution < -0.4 is 9.64 Å². The first kappa shape index (κ1) is 18.3. The van der Waals surface area contributed by atoms with E-state index in [-0.39, 0.29) is 5.92 Å². The number of hydrogen-bond donors (Lipinski definition) is 1. The van der Waals surface area contributed by atoms with E-state index in [0.29, 0.717) is 25.0 Å². The molecule has 0 saturated carbocycles. The van der Waals surface area contributed by atoms with Crippen LogP contribution in [0.2, 0.25) is 0 Å². The molecule has 1 N–H and O–H groups in total. The fourth-order valence-corrected chi connectivity index (χ4v) is 5.48. The second kappa shape index (κ2) is 6.68. The van der Waals surface area contributed by atoms with Crippen LogP contribution in [0, 0.1) is 0 Å². The summed E-state index contributed by atoms with van der Waals surface area (Å²) in [6.07, 6.45) is 1.17. The zero-order valence-electron chi connectivity index (χ0n) is 17.3. The van der Waals surface area contributed by atoms with Gasteiger partial charge in [0.1, 0.15) is 5.75 Å². The van der Waals surface area contributed by atoms with Crippen LogP contribution in [-0.4, -0.2) is 48.9 Å². The highest BCUT2D eigenvalue weighted by Gasteiger charge is 2.45. The third-order valence-corrected chi connectivity index (χ3v) is 6.98. The molecule has 5 nitrogen and oxygen atoms in total. The van der Waals surface area contributed by atoms with Gasteiger partial charge in [0.2, 0.25) is 0 Å². The minimum absolute atomic E-state index is 0.259. The van der Waals surface area contributed by atoms with Crippen molar-refractivity contribution in [2.24, 2.45) is 0 Å². The monoisotopic (exact) mass is 392 g/mol. The lowest BCUT2D eigenvalue weighted by Gasteiger charge is -2.37. The molecule has 0 unspecified atom stereocenters. The molecule has 2 aromatic carbocycles. The zero-order chi connectivity index (χ0) is 20.3. The molecule has 0 radical (unpaired) electrons. The van der Waals surface area contributed by atoms with Gasteiger partial charge >= 0.3 is 6.09 Å². The Balaban J connectivity index is 1.60. The molecule has 29 heavy (non-hydrogen) atoms. The summed E-state index contributed by atoms with van der Waals surface area (Å²) in [7, 11) is 1.74. The van der Waals surface area contributed by atoms with Crippen molar-refractivity contribution >= 4 is 11.8 Å². The van der Waals surface area contributed by atoms with Gasteiger partial charge in [-0.15, -0.1) is 0 Å². The van der Waals surface area contributed by atoms with Crippen LogP contribution in [0.4, 0.5) is 10.5 Å². The second-order valence-corrected chi connectivity index (χ2v) is 8.82. The van der Waals surface area contributed by atoms with Gasteiger partial charge in [-0.2, -0.15) is 0 Å². The number of hydrogen-bond acceptors (Lipinski definition) is 3. The van der Waals surface area contributed by atoms with E-state index in [1.54, 1.807) is 12.0 Å². The summed E-state index contributed by atoms with van der Waals surface area (Å²) < 4.78 is 5.75. The molecule has 3 heterocycles. The van der Waals surface area contributed by atoms with Crippen LogP contribution in [0.1, 0.15) is 48.8 Å². The Labute approximate surface area is 171 Å². The summed E-state index contributed by atoms with van der Waals surface area (Å²) in [6.45, 7) is 6.65. The largest absolute Gasteiger partial charge is 0.496 e. The Kier molecular flexibility index (Phi) is 4.23. The number of ether oxygens (including phenoxy) is 1. The lowest BCUT2D eigenvalue weighted by molar-refractivity contribution is 0.127. The average molecular weight is 392 g/mol. The minimum atomic E-state index is -0.803. The molecule has 2 atom stereocenters. The first-order chi connectivity index (χ1) is 14.0. The Morgan fingerprint density at radius 2 is 2.03 bits per heavy atom. The van der Waals surface area contributed by atoms with E-state index in [9.17, 15) is 9.90 Å². The maximum atomic E-state index is 11.6. The molecule has 1 amide bonds. The lowest BCUT2D eigenvalue weighted by atomic mass is 9.86. The van der Waals surface area contributed by atoms with E-state index in [1.165, 1.54) is 27.9 Å². The minimum Gasteiger partial charge on any atom is -0.496 e. The van der Waals surface area contributed by atoms with Gasteiger partial charge in [0, 0.05) is 42.8 Å². The van der Waals surface area contributed by atoms with E-state index >= 15 is 0 Å². The van der Waals surface area contributed by atoms with Gasteiger partial charge in [0.05, 0.1) is 7.11 Å². The molecule has 0 spiro atoms. The van der Waals surface area contributed by atoms with E-state index in [1.807, 2.05) is 0 Å². The molecule has 1 fully saturated rings. The molecular formula is C24H28N2O3. The molecule has 152 valence electrons. The number of methoxy groups -OCH3 is 1. The first-order valence-corrected chi connectivity index (χ1v) is 10.6. The number of amides is 1. The maximum Gasteiger partial charge on any atom is 0.407 e. The highest BCUT2D eigenvalue weighted by Crippen LogP contribution is 2.51. The van der Waals surface area contributed by atoms with Gasteiger partial charge in [0.15, 0.2) is 0 Å². The van der Waals surface area contributed by atoms with Gasteiger partial charge in [-0.3, -0.25) is 0 Å². The Morgan fingerprint density at radius 1 is 1.21 bits per heavy atom. The summed E-state index contributed by atoms with van der Waals surface area (Å²) in [6, 6.07) is 11.6. The zero-order valence-corrected chi connectivity index (χ0v) is 17.3. The number of carbonyl (C=O) groups is 1. The number of rotatable bonds is 3. The summed E-state index contributed by atoms with van der Waals surface area (Å²) >= 11 is 0. The summed E-state index contributed by atoms with van der Waals surface area (Å²) in [4.78, 5) is 15.7.